The third-order valence-corrected chi connectivity index (χ3v) is 6.14. The second-order valence-corrected chi connectivity index (χ2v) is 7.15. The van der Waals surface area contributed by atoms with Gasteiger partial charge in [0.15, 0.2) is 6.23 Å². The number of rotatable bonds is 0. The van der Waals surface area contributed by atoms with Gasteiger partial charge in [-0.1, -0.05) is 12.5 Å². The first kappa shape index (κ1) is 15.0. The number of amides is 1. The number of nitriles is 1. The molecule has 1 amide bonds. The summed E-state index contributed by atoms with van der Waals surface area (Å²) < 4.78 is 11.2. The summed E-state index contributed by atoms with van der Waals surface area (Å²) in [4.78, 5) is 18.6. The fourth-order valence-electron chi connectivity index (χ4n) is 5.19. The van der Waals surface area contributed by atoms with E-state index in [1.807, 2.05) is 6.92 Å². The molecule has 2 bridgehead atoms. The van der Waals surface area contributed by atoms with E-state index in [4.69, 9.17) is 14.3 Å². The molecule has 0 N–H and O–H groups in total. The largest absolute Gasteiger partial charge is 0.451 e. The van der Waals surface area contributed by atoms with Crippen LogP contribution in [0.2, 0.25) is 0 Å². The number of hydrogen-bond acceptors (Lipinski definition) is 5. The molecular formula is C17H22N2O4. The molecule has 5 atom stereocenters. The van der Waals surface area contributed by atoms with E-state index in [0.29, 0.717) is 0 Å². The van der Waals surface area contributed by atoms with Crippen LogP contribution in [0.25, 0.3) is 0 Å². The Morgan fingerprint density at radius 1 is 1.43 bits per heavy atom. The summed E-state index contributed by atoms with van der Waals surface area (Å²) in [6.45, 7) is 1.96. The minimum atomic E-state index is -0.777. The molecule has 23 heavy (non-hydrogen) atoms. The van der Waals surface area contributed by atoms with Crippen LogP contribution in [0.3, 0.4) is 0 Å². The van der Waals surface area contributed by atoms with Crippen molar-refractivity contribution in [1.29, 1.82) is 5.26 Å². The van der Waals surface area contributed by atoms with Gasteiger partial charge in [0.2, 0.25) is 0 Å². The van der Waals surface area contributed by atoms with Crippen molar-refractivity contribution in [3.63, 3.8) is 0 Å². The summed E-state index contributed by atoms with van der Waals surface area (Å²) in [5.74, 6) is 0.0980. The van der Waals surface area contributed by atoms with Crippen molar-refractivity contribution in [2.24, 2.45) is 11.3 Å². The van der Waals surface area contributed by atoms with Crippen LogP contribution in [0.1, 0.15) is 45.4 Å². The molecule has 3 heterocycles. The lowest BCUT2D eigenvalue weighted by Gasteiger charge is -2.60. The van der Waals surface area contributed by atoms with Crippen LogP contribution in [-0.2, 0) is 14.3 Å². The van der Waals surface area contributed by atoms with Gasteiger partial charge in [-0.2, -0.15) is 10.3 Å². The fraction of sp³-hybridized carbons (Fsp3) is 0.765. The maximum absolute atomic E-state index is 12.2. The highest BCUT2D eigenvalue weighted by Crippen LogP contribution is 2.62. The zero-order valence-corrected chi connectivity index (χ0v) is 13.6. The molecule has 3 aliphatic heterocycles. The Balaban J connectivity index is 1.89. The Labute approximate surface area is 135 Å². The summed E-state index contributed by atoms with van der Waals surface area (Å²) in [5, 5.41) is 11.3. The van der Waals surface area contributed by atoms with Gasteiger partial charge in [0.05, 0.1) is 24.7 Å². The highest BCUT2D eigenvalue weighted by molar-refractivity contribution is 5.67. The first-order chi connectivity index (χ1) is 11.1. The molecule has 1 saturated heterocycles. The van der Waals surface area contributed by atoms with E-state index in [1.165, 1.54) is 12.2 Å². The van der Waals surface area contributed by atoms with E-state index in [0.717, 1.165) is 44.1 Å². The quantitative estimate of drug-likeness (QED) is 0.642. The predicted molar refractivity (Wildman–Crippen MR) is 79.7 cm³/mol. The first-order valence-electron chi connectivity index (χ1n) is 8.39. The molecule has 124 valence electrons. The standard InChI is InChI=1S/C17H22N2O4/c1-11-9-12-5-3-7-16(10-18)8-4-6-13-17(12,16)23-19(14(11)22-13)15(20)21-2/h9,12-14H,3-8H2,1-2H3/t12?,13-,14?,16+,17+/m1/s1. The molecule has 0 aromatic heterocycles. The number of carbonyl (C=O) groups is 1. The molecule has 0 radical (unpaired) electrons. The van der Waals surface area contributed by atoms with Crippen LogP contribution in [0.4, 0.5) is 4.79 Å². The zero-order chi connectivity index (χ0) is 16.2. The monoisotopic (exact) mass is 318 g/mol. The Bertz CT molecular complexity index is 608. The number of carbonyl (C=O) groups excluding carboxylic acids is 1. The van der Waals surface area contributed by atoms with E-state index in [1.54, 1.807) is 0 Å². The number of methoxy groups -OCH3 is 1. The first-order valence-corrected chi connectivity index (χ1v) is 8.39. The smallest absolute Gasteiger partial charge is 0.436 e. The minimum absolute atomic E-state index is 0.0980. The minimum Gasteiger partial charge on any atom is -0.451 e. The van der Waals surface area contributed by atoms with Gasteiger partial charge in [0.1, 0.15) is 5.60 Å². The summed E-state index contributed by atoms with van der Waals surface area (Å²) in [6, 6.07) is 2.57. The molecule has 5 rings (SSSR count). The van der Waals surface area contributed by atoms with Gasteiger partial charge in [-0.15, -0.1) is 0 Å². The van der Waals surface area contributed by atoms with Gasteiger partial charge in [0.25, 0.3) is 0 Å². The van der Waals surface area contributed by atoms with E-state index in [-0.39, 0.29) is 12.0 Å². The number of nitrogens with zero attached hydrogens (tertiary/aromatic N) is 2. The Morgan fingerprint density at radius 3 is 2.87 bits per heavy atom. The average molecular weight is 318 g/mol. The summed E-state index contributed by atoms with van der Waals surface area (Å²) >= 11 is 0. The van der Waals surface area contributed by atoms with Gasteiger partial charge in [-0.3, -0.25) is 4.84 Å². The van der Waals surface area contributed by atoms with Crippen molar-refractivity contribution in [3.8, 4) is 6.07 Å². The molecule has 2 aliphatic carbocycles. The lowest BCUT2D eigenvalue weighted by molar-refractivity contribution is -0.403. The van der Waals surface area contributed by atoms with Crippen molar-refractivity contribution in [2.75, 3.05) is 7.11 Å². The Hall–Kier alpha value is -1.58. The van der Waals surface area contributed by atoms with Crippen molar-refractivity contribution in [1.82, 2.24) is 5.06 Å². The SMILES string of the molecule is COC(=O)N1O[C@@]23C4C=C(C)C1O[C@@H]2CCC[C@]3(C#N)CCC4. The van der Waals surface area contributed by atoms with Gasteiger partial charge >= 0.3 is 6.09 Å². The molecule has 5 aliphatic rings. The van der Waals surface area contributed by atoms with Crippen LogP contribution in [-0.4, -0.2) is 36.2 Å². The van der Waals surface area contributed by atoms with E-state index in [9.17, 15) is 10.1 Å². The summed E-state index contributed by atoms with van der Waals surface area (Å²) in [7, 11) is 1.33. The molecule has 2 saturated carbocycles. The second kappa shape index (κ2) is 4.96. The van der Waals surface area contributed by atoms with Crippen LogP contribution < -0.4 is 0 Å². The summed E-state index contributed by atoms with van der Waals surface area (Å²) in [6.07, 6.45) is 6.28. The van der Waals surface area contributed by atoms with Crippen LogP contribution >= 0.6 is 0 Å². The number of hydrogen-bond donors (Lipinski definition) is 0. The van der Waals surface area contributed by atoms with Crippen LogP contribution in [0.15, 0.2) is 11.6 Å². The molecule has 3 fully saturated rings. The van der Waals surface area contributed by atoms with Gasteiger partial charge in [0, 0.05) is 5.92 Å². The maximum Gasteiger partial charge on any atom is 0.436 e. The van der Waals surface area contributed by atoms with Crippen molar-refractivity contribution in [2.45, 2.75) is 63.4 Å². The van der Waals surface area contributed by atoms with Gasteiger partial charge < -0.3 is 9.47 Å². The average Bonchev–Trinajstić information content (AvgIpc) is 2.78. The predicted octanol–water partition coefficient (Wildman–Crippen LogP) is 2.90. The van der Waals surface area contributed by atoms with E-state index >= 15 is 0 Å². The third kappa shape index (κ3) is 1.72. The molecule has 0 aromatic carbocycles. The number of ether oxygens (including phenoxy) is 2. The van der Waals surface area contributed by atoms with E-state index in [2.05, 4.69) is 12.1 Å². The molecule has 6 nitrogen and oxygen atoms in total. The molecule has 1 spiro atoms. The van der Waals surface area contributed by atoms with Crippen LogP contribution in [0.5, 0.6) is 0 Å². The Kier molecular flexibility index (Phi) is 3.23. The van der Waals surface area contributed by atoms with Crippen LogP contribution in [0, 0.1) is 22.7 Å². The molecule has 2 unspecified atom stereocenters. The fourth-order valence-corrected chi connectivity index (χ4v) is 5.19. The molecule has 0 aromatic rings. The zero-order valence-electron chi connectivity index (χ0n) is 13.6. The molecular weight excluding hydrogens is 296 g/mol. The maximum atomic E-state index is 12.2. The van der Waals surface area contributed by atoms with Gasteiger partial charge in [-0.25, -0.2) is 4.79 Å². The molecule has 6 heteroatoms. The Morgan fingerprint density at radius 2 is 2.17 bits per heavy atom. The van der Waals surface area contributed by atoms with Crippen molar-refractivity contribution >= 4 is 6.09 Å². The number of hydroxylamine groups is 2. The highest BCUT2D eigenvalue weighted by Gasteiger charge is 2.70. The lowest BCUT2D eigenvalue weighted by Crippen LogP contribution is -2.71. The van der Waals surface area contributed by atoms with Crippen molar-refractivity contribution < 1.29 is 19.1 Å². The van der Waals surface area contributed by atoms with Gasteiger partial charge in [-0.05, 0) is 44.6 Å². The number of fused-ring (bicyclic) bond motifs is 1. The third-order valence-electron chi connectivity index (χ3n) is 6.14. The normalized spacial score (nSPS) is 44.7. The second-order valence-electron chi connectivity index (χ2n) is 7.15. The lowest BCUT2D eigenvalue weighted by atomic mass is 9.52. The van der Waals surface area contributed by atoms with E-state index < -0.39 is 23.3 Å². The highest BCUT2D eigenvalue weighted by atomic mass is 16.8. The topological polar surface area (TPSA) is 71.8 Å². The van der Waals surface area contributed by atoms with Crippen molar-refractivity contribution in [3.05, 3.63) is 11.6 Å². The summed E-state index contributed by atoms with van der Waals surface area (Å²) in [5.41, 5.74) is -0.418.